The van der Waals surface area contributed by atoms with Crippen molar-refractivity contribution in [3.8, 4) is 0 Å². The van der Waals surface area contributed by atoms with Gasteiger partial charge in [0.2, 0.25) is 0 Å². The fourth-order valence-corrected chi connectivity index (χ4v) is 4.83. The van der Waals surface area contributed by atoms with Crippen LogP contribution in [0.5, 0.6) is 0 Å². The van der Waals surface area contributed by atoms with Crippen LogP contribution < -0.4 is 10.6 Å². The zero-order valence-corrected chi connectivity index (χ0v) is 18.6. The summed E-state index contributed by atoms with van der Waals surface area (Å²) >= 11 is 0. The molecule has 5 nitrogen and oxygen atoms in total. The topological polar surface area (TPSA) is 48.9 Å². The Hall–Kier alpha value is -0.0800. The highest BCUT2D eigenvalue weighted by Crippen LogP contribution is 2.52. The Labute approximate surface area is 170 Å². The van der Waals surface area contributed by atoms with E-state index in [1.165, 1.54) is 58.2 Å². The van der Waals surface area contributed by atoms with Crippen molar-refractivity contribution in [1.82, 2.24) is 15.5 Å². The maximum absolute atomic E-state index is 5.88. The molecule has 1 aliphatic carbocycles. The van der Waals surface area contributed by atoms with E-state index in [1.807, 2.05) is 7.05 Å². The predicted molar refractivity (Wildman–Crippen MR) is 115 cm³/mol. The van der Waals surface area contributed by atoms with Crippen molar-refractivity contribution < 1.29 is 4.74 Å². The number of ether oxygens (including phenoxy) is 1. The summed E-state index contributed by atoms with van der Waals surface area (Å²) in [6, 6.07) is 0.474. The lowest BCUT2D eigenvalue weighted by Crippen LogP contribution is -2.68. The monoisotopic (exact) mass is 464 g/mol. The van der Waals surface area contributed by atoms with Crippen LogP contribution in [0.4, 0.5) is 0 Å². The molecule has 2 N–H and O–H groups in total. The van der Waals surface area contributed by atoms with Crippen LogP contribution >= 0.6 is 24.0 Å². The Balaban J connectivity index is 0.00000225. The van der Waals surface area contributed by atoms with E-state index in [2.05, 4.69) is 34.4 Å². The molecule has 0 aromatic heterocycles. The standard InChI is InChI=1S/C19H36N4O.HI/c1-19(2)16(15-9-14-24-17(15)19)22-18(20-3)21-10-8-13-23-11-6-4-5-7-12-23;/h15-17H,4-14H2,1-3H3,(H2,20,21,22);1H. The molecule has 3 atom stereocenters. The first-order valence-electron chi connectivity index (χ1n) is 9.94. The maximum atomic E-state index is 5.88. The van der Waals surface area contributed by atoms with Crippen molar-refractivity contribution in [3.05, 3.63) is 0 Å². The lowest BCUT2D eigenvalue weighted by molar-refractivity contribution is -0.106. The molecule has 3 fully saturated rings. The lowest BCUT2D eigenvalue weighted by Gasteiger charge is -2.54. The van der Waals surface area contributed by atoms with Crippen molar-refractivity contribution >= 4 is 29.9 Å². The van der Waals surface area contributed by atoms with Gasteiger partial charge in [0.1, 0.15) is 0 Å². The number of rotatable bonds is 5. The quantitative estimate of drug-likeness (QED) is 0.285. The third-order valence-electron chi connectivity index (χ3n) is 6.26. The Morgan fingerprint density at radius 3 is 2.60 bits per heavy atom. The van der Waals surface area contributed by atoms with Crippen molar-refractivity contribution in [2.24, 2.45) is 16.3 Å². The van der Waals surface area contributed by atoms with Gasteiger partial charge in [0, 0.05) is 37.6 Å². The van der Waals surface area contributed by atoms with Gasteiger partial charge >= 0.3 is 0 Å². The number of nitrogens with zero attached hydrogens (tertiary/aromatic N) is 2. The van der Waals surface area contributed by atoms with Gasteiger partial charge in [0.15, 0.2) is 5.96 Å². The molecule has 2 aliphatic heterocycles. The molecule has 3 rings (SSSR count). The van der Waals surface area contributed by atoms with Crippen molar-refractivity contribution in [3.63, 3.8) is 0 Å². The third kappa shape index (κ3) is 5.01. The molecule has 2 saturated heterocycles. The molecule has 1 saturated carbocycles. The van der Waals surface area contributed by atoms with E-state index in [0.29, 0.717) is 18.1 Å². The SMILES string of the molecule is CN=C(NCCCN1CCCCCC1)NC1C2CCOC2C1(C)C.I. The zero-order chi connectivity index (χ0) is 17.0. The van der Waals surface area contributed by atoms with E-state index >= 15 is 0 Å². The van der Waals surface area contributed by atoms with Crippen molar-refractivity contribution in [2.45, 2.75) is 64.5 Å². The molecule has 3 unspecified atom stereocenters. The Bertz CT molecular complexity index is 435. The molecule has 0 bridgehead atoms. The van der Waals surface area contributed by atoms with E-state index in [4.69, 9.17) is 4.74 Å². The Morgan fingerprint density at radius 1 is 1.20 bits per heavy atom. The van der Waals surface area contributed by atoms with Crippen LogP contribution in [0.3, 0.4) is 0 Å². The normalized spacial score (nSPS) is 32.1. The van der Waals surface area contributed by atoms with Crippen LogP contribution in [0.1, 0.15) is 52.4 Å². The minimum atomic E-state index is 0. The number of nitrogens with one attached hydrogen (secondary N) is 2. The largest absolute Gasteiger partial charge is 0.377 e. The second-order valence-electron chi connectivity index (χ2n) is 8.30. The van der Waals surface area contributed by atoms with Gasteiger partial charge < -0.3 is 20.3 Å². The molecule has 2 heterocycles. The minimum absolute atomic E-state index is 0. The van der Waals surface area contributed by atoms with Crippen LogP contribution in [0.15, 0.2) is 4.99 Å². The summed E-state index contributed by atoms with van der Waals surface area (Å²) in [7, 11) is 1.87. The smallest absolute Gasteiger partial charge is 0.191 e. The third-order valence-corrected chi connectivity index (χ3v) is 6.26. The fourth-order valence-electron chi connectivity index (χ4n) is 4.83. The number of hydrogen-bond donors (Lipinski definition) is 2. The average Bonchev–Trinajstić information content (AvgIpc) is 2.87. The molecule has 0 radical (unpaired) electrons. The van der Waals surface area contributed by atoms with Crippen LogP contribution in [0, 0.1) is 11.3 Å². The van der Waals surface area contributed by atoms with E-state index in [-0.39, 0.29) is 29.4 Å². The van der Waals surface area contributed by atoms with Gasteiger partial charge in [-0.25, -0.2) is 0 Å². The molecule has 3 aliphatic rings. The second kappa shape index (κ2) is 9.74. The van der Waals surface area contributed by atoms with Crippen LogP contribution in [-0.4, -0.2) is 62.8 Å². The maximum Gasteiger partial charge on any atom is 0.191 e. The van der Waals surface area contributed by atoms with Crippen LogP contribution in [0.25, 0.3) is 0 Å². The molecule has 25 heavy (non-hydrogen) atoms. The Morgan fingerprint density at radius 2 is 1.92 bits per heavy atom. The van der Waals surface area contributed by atoms with Crippen LogP contribution in [-0.2, 0) is 4.74 Å². The number of aliphatic imine (C=N–C) groups is 1. The van der Waals surface area contributed by atoms with Gasteiger partial charge in [0.05, 0.1) is 6.10 Å². The number of guanidine groups is 1. The van der Waals surface area contributed by atoms with Gasteiger partial charge in [-0.05, 0) is 45.3 Å². The highest BCUT2D eigenvalue weighted by atomic mass is 127. The van der Waals surface area contributed by atoms with E-state index in [1.54, 1.807) is 0 Å². The van der Waals surface area contributed by atoms with Gasteiger partial charge in [-0.15, -0.1) is 24.0 Å². The number of fused-ring (bicyclic) bond motifs is 1. The first-order valence-corrected chi connectivity index (χ1v) is 9.94. The van der Waals surface area contributed by atoms with Crippen molar-refractivity contribution in [1.29, 1.82) is 0 Å². The molecule has 146 valence electrons. The lowest BCUT2D eigenvalue weighted by atomic mass is 9.57. The second-order valence-corrected chi connectivity index (χ2v) is 8.30. The number of likely N-dealkylation sites (tertiary alicyclic amines) is 1. The zero-order valence-electron chi connectivity index (χ0n) is 16.2. The van der Waals surface area contributed by atoms with Gasteiger partial charge in [0.25, 0.3) is 0 Å². The summed E-state index contributed by atoms with van der Waals surface area (Å²) in [4.78, 5) is 7.05. The fraction of sp³-hybridized carbons (Fsp3) is 0.947. The molecule has 0 amide bonds. The summed E-state index contributed by atoms with van der Waals surface area (Å²) in [6.45, 7) is 10.3. The van der Waals surface area contributed by atoms with Crippen molar-refractivity contribution in [2.75, 3.05) is 39.8 Å². The first-order chi connectivity index (χ1) is 11.6. The van der Waals surface area contributed by atoms with E-state index < -0.39 is 0 Å². The molecule has 0 aromatic carbocycles. The molecule has 0 aromatic rings. The van der Waals surface area contributed by atoms with E-state index in [0.717, 1.165) is 19.1 Å². The number of hydrogen-bond acceptors (Lipinski definition) is 3. The predicted octanol–water partition coefficient (Wildman–Crippen LogP) is 2.85. The molecule has 0 spiro atoms. The number of halogens is 1. The Kier molecular flexibility index (Phi) is 8.27. The minimum Gasteiger partial charge on any atom is -0.377 e. The summed E-state index contributed by atoms with van der Waals surface area (Å²) in [6.07, 6.45) is 8.36. The van der Waals surface area contributed by atoms with Gasteiger partial charge in [-0.1, -0.05) is 26.7 Å². The summed E-state index contributed by atoms with van der Waals surface area (Å²) in [5, 5.41) is 7.17. The molecular formula is C19H37IN4O. The summed E-state index contributed by atoms with van der Waals surface area (Å²) in [5.74, 6) is 1.60. The first kappa shape index (κ1) is 21.2. The molecule has 6 heteroatoms. The highest BCUT2D eigenvalue weighted by Gasteiger charge is 2.59. The summed E-state index contributed by atoms with van der Waals surface area (Å²) in [5.41, 5.74) is 0.199. The highest BCUT2D eigenvalue weighted by molar-refractivity contribution is 14.0. The van der Waals surface area contributed by atoms with Gasteiger partial charge in [-0.3, -0.25) is 4.99 Å². The van der Waals surface area contributed by atoms with Crippen LogP contribution in [0.2, 0.25) is 0 Å². The van der Waals surface area contributed by atoms with Gasteiger partial charge in [-0.2, -0.15) is 0 Å². The van der Waals surface area contributed by atoms with E-state index in [9.17, 15) is 0 Å². The molecular weight excluding hydrogens is 427 g/mol. The summed E-state index contributed by atoms with van der Waals surface area (Å²) < 4.78 is 5.88. The average molecular weight is 464 g/mol.